The third kappa shape index (κ3) is 4.93. The van der Waals surface area contributed by atoms with Gasteiger partial charge in [0.25, 0.3) is 0 Å². The van der Waals surface area contributed by atoms with Crippen molar-refractivity contribution in [2.75, 3.05) is 16.6 Å². The molecule has 0 radical (unpaired) electrons. The molecule has 0 saturated heterocycles. The van der Waals surface area contributed by atoms with Gasteiger partial charge in [-0.2, -0.15) is 0 Å². The molecule has 0 aliphatic heterocycles. The summed E-state index contributed by atoms with van der Waals surface area (Å²) in [5, 5.41) is 0. The van der Waals surface area contributed by atoms with Crippen molar-refractivity contribution in [2.24, 2.45) is 0 Å². The summed E-state index contributed by atoms with van der Waals surface area (Å²) in [6.45, 7) is 4.68. The predicted molar refractivity (Wildman–Crippen MR) is 87.2 cm³/mol. The highest BCUT2D eigenvalue weighted by atomic mass is 127. The number of carbonyl (C=O) groups excluding carboxylic acids is 1. The Morgan fingerprint density at radius 1 is 1.40 bits per heavy atom. The number of benzene rings is 1. The molecule has 7 heteroatoms. The molecule has 0 saturated carbocycles. The summed E-state index contributed by atoms with van der Waals surface area (Å²) in [4.78, 5) is 11.8. The minimum Gasteiger partial charge on any atom is -0.462 e. The first-order valence-electron chi connectivity index (χ1n) is 6.21. The molecule has 0 aliphatic rings. The molecule has 1 aromatic carbocycles. The van der Waals surface area contributed by atoms with Gasteiger partial charge >= 0.3 is 5.97 Å². The molecule has 0 aromatic heterocycles. The fourth-order valence-corrected chi connectivity index (χ4v) is 3.13. The third-order valence-electron chi connectivity index (χ3n) is 2.44. The van der Waals surface area contributed by atoms with Gasteiger partial charge in [-0.25, -0.2) is 8.42 Å². The maximum absolute atomic E-state index is 12.1. The van der Waals surface area contributed by atoms with Crippen LogP contribution in [0.15, 0.2) is 24.3 Å². The van der Waals surface area contributed by atoms with Crippen molar-refractivity contribution < 1.29 is 17.9 Å². The monoisotopic (exact) mass is 411 g/mol. The molecule has 20 heavy (non-hydrogen) atoms. The molecule has 1 aromatic rings. The third-order valence-corrected chi connectivity index (χ3v) is 4.85. The molecule has 0 fully saturated rings. The highest BCUT2D eigenvalue weighted by Gasteiger charge is 2.24. The van der Waals surface area contributed by atoms with E-state index < -0.39 is 16.0 Å². The maximum Gasteiger partial charge on any atom is 0.327 e. The largest absolute Gasteiger partial charge is 0.462 e. The van der Waals surface area contributed by atoms with E-state index in [2.05, 4.69) is 22.6 Å². The van der Waals surface area contributed by atoms with Crippen LogP contribution in [0, 0.1) is 3.57 Å². The molecule has 112 valence electrons. The molecule has 0 aliphatic carbocycles. The van der Waals surface area contributed by atoms with E-state index >= 15 is 0 Å². The van der Waals surface area contributed by atoms with Crippen LogP contribution >= 0.6 is 22.6 Å². The second kappa shape index (κ2) is 7.26. The zero-order valence-electron chi connectivity index (χ0n) is 11.7. The molecule has 0 amide bonds. The molecule has 5 nitrogen and oxygen atoms in total. The zero-order valence-corrected chi connectivity index (χ0v) is 14.6. The number of halogens is 1. The van der Waals surface area contributed by atoms with E-state index in [1.54, 1.807) is 39.0 Å². The van der Waals surface area contributed by atoms with Crippen molar-refractivity contribution in [1.82, 2.24) is 0 Å². The Labute approximate surface area is 133 Å². The molecule has 0 bridgehead atoms. The van der Waals surface area contributed by atoms with E-state index in [0.29, 0.717) is 5.69 Å². The molecule has 0 unspecified atom stereocenters. The van der Waals surface area contributed by atoms with Crippen molar-refractivity contribution in [2.45, 2.75) is 26.9 Å². The summed E-state index contributed by atoms with van der Waals surface area (Å²) in [5.41, 5.74) is 0.472. The normalized spacial score (nSPS) is 11.4. The van der Waals surface area contributed by atoms with Crippen molar-refractivity contribution in [1.29, 1.82) is 0 Å². The summed E-state index contributed by atoms with van der Waals surface area (Å²) in [5.74, 6) is -0.635. The number of ether oxygens (including phenoxy) is 1. The average Bonchev–Trinajstić information content (AvgIpc) is 2.35. The Bertz CT molecular complexity index is 571. The van der Waals surface area contributed by atoms with Crippen LogP contribution in [0.2, 0.25) is 0 Å². The van der Waals surface area contributed by atoms with Gasteiger partial charge in [0.15, 0.2) is 0 Å². The van der Waals surface area contributed by atoms with Crippen LogP contribution in [0.3, 0.4) is 0 Å². The Hall–Kier alpha value is -0.830. The maximum atomic E-state index is 12.1. The highest BCUT2D eigenvalue weighted by Crippen LogP contribution is 2.21. The number of nitrogens with zero attached hydrogens (tertiary/aromatic N) is 1. The van der Waals surface area contributed by atoms with Gasteiger partial charge in [-0.05, 0) is 61.6 Å². The highest BCUT2D eigenvalue weighted by molar-refractivity contribution is 14.1. The summed E-state index contributed by atoms with van der Waals surface area (Å²) in [7, 11) is -3.53. The minimum absolute atomic E-state index is 0.0760. The van der Waals surface area contributed by atoms with Gasteiger partial charge in [-0.3, -0.25) is 9.10 Å². The second-order valence-electron chi connectivity index (χ2n) is 4.43. The SMILES string of the molecule is CCS(=O)(=O)N(CC(=O)OC(C)C)c1cccc(I)c1. The van der Waals surface area contributed by atoms with Crippen molar-refractivity contribution in [3.63, 3.8) is 0 Å². The van der Waals surface area contributed by atoms with E-state index in [0.717, 1.165) is 7.88 Å². The fourth-order valence-electron chi connectivity index (χ4n) is 1.55. The van der Waals surface area contributed by atoms with Gasteiger partial charge in [-0.1, -0.05) is 6.07 Å². The minimum atomic E-state index is -3.53. The quantitative estimate of drug-likeness (QED) is 0.533. The number of esters is 1. The summed E-state index contributed by atoms with van der Waals surface area (Å²) in [6.07, 6.45) is -0.274. The fraction of sp³-hybridized carbons (Fsp3) is 0.462. The van der Waals surface area contributed by atoms with Gasteiger partial charge in [-0.15, -0.1) is 0 Å². The molecular formula is C13H18INO4S. The lowest BCUT2D eigenvalue weighted by Crippen LogP contribution is -2.38. The van der Waals surface area contributed by atoms with Crippen LogP contribution in [0.1, 0.15) is 20.8 Å². The van der Waals surface area contributed by atoms with E-state index in [9.17, 15) is 13.2 Å². The van der Waals surface area contributed by atoms with Crippen LogP contribution in [0.4, 0.5) is 5.69 Å². The standard InChI is InChI=1S/C13H18INO4S/c1-4-20(17,18)15(9-13(16)19-10(2)3)12-7-5-6-11(14)8-12/h5-8,10H,4,9H2,1-3H3. The Kier molecular flexibility index (Phi) is 6.25. The van der Waals surface area contributed by atoms with Crippen molar-refractivity contribution in [3.8, 4) is 0 Å². The lowest BCUT2D eigenvalue weighted by atomic mass is 10.3. The van der Waals surface area contributed by atoms with Gasteiger partial charge in [0.05, 0.1) is 17.5 Å². The van der Waals surface area contributed by atoms with Gasteiger partial charge in [0.2, 0.25) is 10.0 Å². The predicted octanol–water partition coefficient (Wildman–Crippen LogP) is 2.40. The molecule has 1 rings (SSSR count). The summed E-state index contributed by atoms with van der Waals surface area (Å²) in [6, 6.07) is 6.99. The summed E-state index contributed by atoms with van der Waals surface area (Å²) >= 11 is 2.09. The van der Waals surface area contributed by atoms with E-state index in [-0.39, 0.29) is 18.4 Å². The number of hydrogen-bond donors (Lipinski definition) is 0. The second-order valence-corrected chi connectivity index (χ2v) is 7.85. The van der Waals surface area contributed by atoms with Crippen molar-refractivity contribution in [3.05, 3.63) is 27.8 Å². The zero-order chi connectivity index (χ0) is 15.3. The Morgan fingerprint density at radius 3 is 2.55 bits per heavy atom. The first-order valence-corrected chi connectivity index (χ1v) is 8.90. The first-order chi connectivity index (χ1) is 9.26. The van der Waals surface area contributed by atoms with Gasteiger partial charge in [0, 0.05) is 3.57 Å². The molecule has 0 heterocycles. The topological polar surface area (TPSA) is 63.7 Å². The lowest BCUT2D eigenvalue weighted by Gasteiger charge is -2.23. The Morgan fingerprint density at radius 2 is 2.05 bits per heavy atom. The molecule has 0 N–H and O–H groups in total. The van der Waals surface area contributed by atoms with Crippen LogP contribution in [-0.4, -0.2) is 32.8 Å². The first kappa shape index (κ1) is 17.2. The summed E-state index contributed by atoms with van der Waals surface area (Å²) < 4.78 is 31.3. The van der Waals surface area contributed by atoms with Crippen LogP contribution in [0.5, 0.6) is 0 Å². The smallest absolute Gasteiger partial charge is 0.327 e. The lowest BCUT2D eigenvalue weighted by molar-refractivity contribution is -0.145. The molecule has 0 spiro atoms. The van der Waals surface area contributed by atoms with E-state index in [1.807, 2.05) is 6.07 Å². The van der Waals surface area contributed by atoms with Crippen LogP contribution in [0.25, 0.3) is 0 Å². The van der Waals surface area contributed by atoms with Crippen LogP contribution < -0.4 is 4.31 Å². The number of carbonyl (C=O) groups is 1. The van der Waals surface area contributed by atoms with Crippen LogP contribution in [-0.2, 0) is 19.6 Å². The number of rotatable bonds is 6. The number of hydrogen-bond acceptors (Lipinski definition) is 4. The number of anilines is 1. The Balaban J connectivity index is 3.07. The molecule has 0 atom stereocenters. The van der Waals surface area contributed by atoms with Gasteiger partial charge < -0.3 is 4.74 Å². The average molecular weight is 411 g/mol. The number of sulfonamides is 1. The van der Waals surface area contributed by atoms with Gasteiger partial charge in [0.1, 0.15) is 6.54 Å². The van der Waals surface area contributed by atoms with E-state index in [4.69, 9.17) is 4.74 Å². The molecular weight excluding hydrogens is 393 g/mol. The van der Waals surface area contributed by atoms with Crippen molar-refractivity contribution >= 4 is 44.3 Å². The van der Waals surface area contributed by atoms with E-state index in [1.165, 1.54) is 0 Å².